The average Bonchev–Trinajstić information content (AvgIpc) is 3.18. The number of rotatable bonds is 7. The van der Waals surface area contributed by atoms with Gasteiger partial charge in [-0.2, -0.15) is 4.31 Å². The van der Waals surface area contributed by atoms with Crippen LogP contribution < -0.4 is 0 Å². The molecule has 0 heterocycles. The molecule has 1 fully saturated rings. The summed E-state index contributed by atoms with van der Waals surface area (Å²) in [7, 11) is -3.69. The second-order valence-corrected chi connectivity index (χ2v) is 7.47. The molecule has 0 aliphatic heterocycles. The van der Waals surface area contributed by atoms with E-state index in [1.165, 1.54) is 16.4 Å². The molecular weight excluding hydrogens is 321 g/mol. The highest BCUT2D eigenvalue weighted by Crippen LogP contribution is 2.37. The molecule has 112 valence electrons. The summed E-state index contributed by atoms with van der Waals surface area (Å²) in [6.45, 7) is 0.445. The number of unbranched alkanes of at least 4 members (excludes halogenated alkanes) is 1. The number of sulfonamides is 1. The first-order valence-electron chi connectivity index (χ1n) is 6.55. The van der Waals surface area contributed by atoms with E-state index in [1.807, 2.05) is 0 Å². The molecule has 0 aromatic heterocycles. The Hall–Kier alpha value is -0.330. The summed E-state index contributed by atoms with van der Waals surface area (Å²) in [4.78, 5) is -0.0146. The highest BCUT2D eigenvalue weighted by Gasteiger charge is 2.39. The van der Waals surface area contributed by atoms with Crippen molar-refractivity contribution in [2.45, 2.75) is 36.6 Å². The van der Waals surface area contributed by atoms with Crippen LogP contribution in [0.15, 0.2) is 23.1 Å². The fourth-order valence-corrected chi connectivity index (χ4v) is 4.91. The second kappa shape index (κ2) is 6.62. The van der Waals surface area contributed by atoms with Gasteiger partial charge in [-0.3, -0.25) is 0 Å². The molecule has 0 unspecified atom stereocenters. The van der Waals surface area contributed by atoms with E-state index < -0.39 is 10.0 Å². The Balaban J connectivity index is 2.30. The lowest BCUT2D eigenvalue weighted by atomic mass is 10.3. The Labute approximate surface area is 129 Å². The lowest BCUT2D eigenvalue weighted by Crippen LogP contribution is -2.34. The molecule has 0 radical (unpaired) electrons. The zero-order valence-corrected chi connectivity index (χ0v) is 13.3. The van der Waals surface area contributed by atoms with Crippen molar-refractivity contribution in [2.75, 3.05) is 13.2 Å². The van der Waals surface area contributed by atoms with Gasteiger partial charge in [0.15, 0.2) is 0 Å². The summed E-state index contributed by atoms with van der Waals surface area (Å²) < 4.78 is 27.0. The maximum atomic E-state index is 12.7. The first-order valence-corrected chi connectivity index (χ1v) is 8.75. The van der Waals surface area contributed by atoms with E-state index in [9.17, 15) is 8.42 Å². The maximum absolute atomic E-state index is 12.7. The number of hydrogen-bond acceptors (Lipinski definition) is 3. The Morgan fingerprint density at radius 3 is 2.30 bits per heavy atom. The Morgan fingerprint density at radius 2 is 1.80 bits per heavy atom. The molecule has 1 aliphatic carbocycles. The highest BCUT2D eigenvalue weighted by molar-refractivity contribution is 7.89. The third kappa shape index (κ3) is 3.46. The van der Waals surface area contributed by atoms with Crippen LogP contribution in [0.5, 0.6) is 0 Å². The summed E-state index contributed by atoms with van der Waals surface area (Å²) in [5.41, 5.74) is 0. The normalized spacial score (nSPS) is 15.8. The monoisotopic (exact) mass is 337 g/mol. The van der Waals surface area contributed by atoms with Crippen LogP contribution in [0.4, 0.5) is 0 Å². The number of hydrogen-bond donors (Lipinski definition) is 1. The fourth-order valence-electron chi connectivity index (χ4n) is 2.09. The first kappa shape index (κ1) is 16.0. The zero-order valence-electron chi connectivity index (χ0n) is 10.9. The SMILES string of the molecule is O=S(=O)(c1c(Cl)cccc1Cl)N(CCCCO)C1CC1. The van der Waals surface area contributed by atoms with Gasteiger partial charge in [0.2, 0.25) is 10.0 Å². The number of aliphatic hydroxyl groups is 1. The third-order valence-electron chi connectivity index (χ3n) is 3.23. The van der Waals surface area contributed by atoms with Crippen molar-refractivity contribution in [1.29, 1.82) is 0 Å². The van der Waals surface area contributed by atoms with E-state index >= 15 is 0 Å². The van der Waals surface area contributed by atoms with E-state index in [-0.39, 0.29) is 27.6 Å². The largest absolute Gasteiger partial charge is 0.396 e. The van der Waals surface area contributed by atoms with E-state index in [1.54, 1.807) is 6.07 Å². The van der Waals surface area contributed by atoms with Gasteiger partial charge in [0.25, 0.3) is 0 Å². The van der Waals surface area contributed by atoms with Crippen LogP contribution in [0.1, 0.15) is 25.7 Å². The fraction of sp³-hybridized carbons (Fsp3) is 0.538. The molecular formula is C13H17Cl2NO3S. The second-order valence-electron chi connectivity index (χ2n) is 4.83. The highest BCUT2D eigenvalue weighted by atomic mass is 35.5. The molecule has 0 saturated heterocycles. The van der Waals surface area contributed by atoms with Crippen LogP contribution in [-0.4, -0.2) is 37.0 Å². The minimum Gasteiger partial charge on any atom is -0.396 e. The van der Waals surface area contributed by atoms with E-state index in [2.05, 4.69) is 0 Å². The quantitative estimate of drug-likeness (QED) is 0.778. The number of benzene rings is 1. The van der Waals surface area contributed by atoms with Gasteiger partial charge in [-0.25, -0.2) is 8.42 Å². The smallest absolute Gasteiger partial charge is 0.246 e. The molecule has 2 rings (SSSR count). The number of aliphatic hydroxyl groups excluding tert-OH is 1. The minimum atomic E-state index is -3.69. The van der Waals surface area contributed by atoms with Crippen molar-refractivity contribution >= 4 is 33.2 Å². The van der Waals surface area contributed by atoms with Gasteiger partial charge in [0.1, 0.15) is 4.90 Å². The van der Waals surface area contributed by atoms with Crippen LogP contribution in [0.2, 0.25) is 10.0 Å². The van der Waals surface area contributed by atoms with Gasteiger partial charge >= 0.3 is 0 Å². The summed E-state index contributed by atoms with van der Waals surface area (Å²) in [5.74, 6) is 0. The molecule has 1 N–H and O–H groups in total. The van der Waals surface area contributed by atoms with E-state index in [0.717, 1.165) is 12.8 Å². The molecule has 7 heteroatoms. The van der Waals surface area contributed by atoms with Crippen molar-refractivity contribution in [1.82, 2.24) is 4.31 Å². The van der Waals surface area contributed by atoms with Crippen molar-refractivity contribution in [3.8, 4) is 0 Å². The van der Waals surface area contributed by atoms with Gasteiger partial charge in [0.05, 0.1) is 10.0 Å². The van der Waals surface area contributed by atoms with Crippen LogP contribution >= 0.6 is 23.2 Å². The molecule has 1 aliphatic rings. The van der Waals surface area contributed by atoms with Gasteiger partial charge in [-0.1, -0.05) is 29.3 Å². The molecule has 0 bridgehead atoms. The number of halogens is 2. The lowest BCUT2D eigenvalue weighted by molar-refractivity contribution is 0.275. The van der Waals surface area contributed by atoms with Crippen LogP contribution in [0.25, 0.3) is 0 Å². The van der Waals surface area contributed by atoms with Crippen molar-refractivity contribution in [2.24, 2.45) is 0 Å². The molecule has 0 amide bonds. The maximum Gasteiger partial charge on any atom is 0.246 e. The van der Waals surface area contributed by atoms with Crippen molar-refractivity contribution in [3.05, 3.63) is 28.2 Å². The van der Waals surface area contributed by atoms with E-state index in [4.69, 9.17) is 28.3 Å². The standard InChI is InChI=1S/C13H17Cl2NO3S/c14-11-4-3-5-12(15)13(11)20(18,19)16(10-6-7-10)8-1-2-9-17/h3-5,10,17H,1-2,6-9H2. The first-order chi connectivity index (χ1) is 9.48. The molecule has 0 atom stereocenters. The van der Waals surface area contributed by atoms with Crippen molar-refractivity contribution in [3.63, 3.8) is 0 Å². The van der Waals surface area contributed by atoms with Gasteiger partial charge in [-0.05, 0) is 37.8 Å². The Morgan fingerprint density at radius 1 is 1.20 bits per heavy atom. The van der Waals surface area contributed by atoms with Gasteiger partial charge in [0, 0.05) is 19.2 Å². The predicted molar refractivity (Wildman–Crippen MR) is 79.7 cm³/mol. The molecule has 20 heavy (non-hydrogen) atoms. The van der Waals surface area contributed by atoms with Crippen LogP contribution in [0, 0.1) is 0 Å². The lowest BCUT2D eigenvalue weighted by Gasteiger charge is -2.23. The number of nitrogens with zero attached hydrogens (tertiary/aromatic N) is 1. The average molecular weight is 338 g/mol. The molecule has 1 aromatic rings. The Kier molecular flexibility index (Phi) is 5.31. The minimum absolute atomic E-state index is 0.0146. The molecule has 1 aromatic carbocycles. The molecule has 1 saturated carbocycles. The third-order valence-corrected chi connectivity index (χ3v) is 6.13. The van der Waals surface area contributed by atoms with Gasteiger partial charge in [-0.15, -0.1) is 0 Å². The summed E-state index contributed by atoms with van der Waals surface area (Å²) in [6.07, 6.45) is 2.92. The summed E-state index contributed by atoms with van der Waals surface area (Å²) >= 11 is 12.0. The summed E-state index contributed by atoms with van der Waals surface area (Å²) in [5, 5.41) is 9.12. The van der Waals surface area contributed by atoms with Crippen LogP contribution in [-0.2, 0) is 10.0 Å². The molecule has 4 nitrogen and oxygen atoms in total. The topological polar surface area (TPSA) is 57.6 Å². The van der Waals surface area contributed by atoms with Crippen LogP contribution in [0.3, 0.4) is 0 Å². The summed E-state index contributed by atoms with van der Waals surface area (Å²) in [6, 6.07) is 4.71. The van der Waals surface area contributed by atoms with Gasteiger partial charge < -0.3 is 5.11 Å². The Bertz CT molecular complexity index is 553. The van der Waals surface area contributed by atoms with E-state index in [0.29, 0.717) is 19.4 Å². The zero-order chi connectivity index (χ0) is 14.8. The predicted octanol–water partition coefficient (Wildman–Crippen LogP) is 2.92. The molecule has 0 spiro atoms. The van der Waals surface area contributed by atoms with Crippen molar-refractivity contribution < 1.29 is 13.5 Å².